The van der Waals surface area contributed by atoms with Crippen LogP contribution in [0.2, 0.25) is 5.02 Å². The number of Topliss-reactive ketones (excluding diaryl/α,β-unsaturated/α-hetero) is 1. The molecule has 0 aliphatic carbocycles. The van der Waals surface area contributed by atoms with Gasteiger partial charge in [0.25, 0.3) is 5.91 Å². The number of amides is 1. The molecule has 0 fully saturated rings. The maximum atomic E-state index is 13.4. The zero-order valence-corrected chi connectivity index (χ0v) is 18.7. The first-order chi connectivity index (χ1) is 16.0. The number of hydrogen-bond donors (Lipinski definition) is 2. The van der Waals surface area contributed by atoms with E-state index in [1.165, 1.54) is 10.9 Å². The minimum Gasteiger partial charge on any atom is -0.375 e. The Kier molecular flexibility index (Phi) is 5.52. The van der Waals surface area contributed by atoms with Gasteiger partial charge in [-0.15, -0.1) is 0 Å². The number of aromatic amines is 1. The van der Waals surface area contributed by atoms with Gasteiger partial charge in [-0.2, -0.15) is 0 Å². The summed E-state index contributed by atoms with van der Waals surface area (Å²) < 4.78 is 0. The van der Waals surface area contributed by atoms with Crippen molar-refractivity contribution in [3.8, 4) is 0 Å². The summed E-state index contributed by atoms with van der Waals surface area (Å²) in [7, 11) is 0. The number of aryl methyl sites for hydroxylation is 1. The molecule has 0 bridgehead atoms. The summed E-state index contributed by atoms with van der Waals surface area (Å²) in [6.45, 7) is 0.447. The smallest absolute Gasteiger partial charge is 0.264 e. The normalized spacial score (nSPS) is 17.5. The van der Waals surface area contributed by atoms with E-state index in [9.17, 15) is 14.7 Å². The van der Waals surface area contributed by atoms with Crippen molar-refractivity contribution in [3.05, 3.63) is 101 Å². The number of hydrogen-bond acceptors (Lipinski definition) is 3. The Balaban J connectivity index is 1.36. The number of carbonyl (C=O) groups excluding carboxylic acids is 2. The summed E-state index contributed by atoms with van der Waals surface area (Å²) in [5.74, 6) is -0.790. The number of benzene rings is 3. The third-order valence-electron chi connectivity index (χ3n) is 6.31. The molecule has 1 aromatic heterocycles. The van der Waals surface area contributed by atoms with Gasteiger partial charge in [-0.05, 0) is 42.7 Å². The molecule has 2 heterocycles. The number of halogens is 1. The van der Waals surface area contributed by atoms with Crippen molar-refractivity contribution in [3.63, 3.8) is 0 Å². The first-order valence-corrected chi connectivity index (χ1v) is 11.3. The Morgan fingerprint density at radius 2 is 1.82 bits per heavy atom. The first-order valence-electron chi connectivity index (χ1n) is 10.9. The van der Waals surface area contributed by atoms with E-state index in [0.717, 1.165) is 18.4 Å². The molecule has 5 nitrogen and oxygen atoms in total. The third-order valence-corrected chi connectivity index (χ3v) is 6.54. The highest BCUT2D eigenvalue weighted by atomic mass is 35.5. The predicted molar refractivity (Wildman–Crippen MR) is 130 cm³/mol. The summed E-state index contributed by atoms with van der Waals surface area (Å²) in [5, 5.41) is 13.1. The Hall–Kier alpha value is -3.41. The third kappa shape index (κ3) is 3.84. The van der Waals surface area contributed by atoms with Crippen LogP contribution in [0.25, 0.3) is 10.9 Å². The second-order valence-corrected chi connectivity index (χ2v) is 8.84. The van der Waals surface area contributed by atoms with Gasteiger partial charge in [0.1, 0.15) is 0 Å². The van der Waals surface area contributed by atoms with Crippen LogP contribution in [0.5, 0.6) is 0 Å². The van der Waals surface area contributed by atoms with Crippen molar-refractivity contribution in [1.29, 1.82) is 0 Å². The van der Waals surface area contributed by atoms with Crippen molar-refractivity contribution < 1.29 is 14.7 Å². The van der Waals surface area contributed by atoms with Crippen LogP contribution in [0.3, 0.4) is 0 Å². The summed E-state index contributed by atoms with van der Waals surface area (Å²) in [5.41, 5.74) is 1.89. The van der Waals surface area contributed by atoms with Crippen LogP contribution < -0.4 is 4.90 Å². The van der Waals surface area contributed by atoms with Gasteiger partial charge in [0.15, 0.2) is 11.4 Å². The van der Waals surface area contributed by atoms with E-state index >= 15 is 0 Å². The molecule has 0 radical (unpaired) electrons. The van der Waals surface area contributed by atoms with E-state index < -0.39 is 11.5 Å². The molecule has 0 spiro atoms. The van der Waals surface area contributed by atoms with Crippen LogP contribution in [-0.2, 0) is 16.8 Å². The van der Waals surface area contributed by atoms with Crippen molar-refractivity contribution in [2.45, 2.75) is 24.9 Å². The molecule has 4 aromatic rings. The lowest BCUT2D eigenvalue weighted by atomic mass is 9.88. The SMILES string of the molecule is O=C(C[C@]1(O)C(=O)N(CCCc2c[nH]c3ccccc23)c2ccccc21)c1cccc(Cl)c1. The molecule has 5 rings (SSSR count). The van der Waals surface area contributed by atoms with E-state index in [2.05, 4.69) is 11.1 Å². The summed E-state index contributed by atoms with van der Waals surface area (Å²) in [6, 6.07) is 21.8. The summed E-state index contributed by atoms with van der Waals surface area (Å²) >= 11 is 6.02. The molecular weight excluding hydrogens is 436 g/mol. The number of aromatic nitrogens is 1. The molecule has 6 heteroatoms. The number of carbonyl (C=O) groups is 2. The van der Waals surface area contributed by atoms with E-state index in [1.807, 2.05) is 36.5 Å². The average Bonchev–Trinajstić information content (AvgIpc) is 3.32. The molecule has 0 saturated heterocycles. The molecule has 1 amide bonds. The summed E-state index contributed by atoms with van der Waals surface area (Å²) in [6.07, 6.45) is 3.18. The van der Waals surface area contributed by atoms with Crippen LogP contribution in [0, 0.1) is 0 Å². The number of anilines is 1. The van der Waals surface area contributed by atoms with Crippen molar-refractivity contribution in [2.75, 3.05) is 11.4 Å². The molecule has 0 unspecified atom stereocenters. The lowest BCUT2D eigenvalue weighted by Crippen LogP contribution is -2.42. The van der Waals surface area contributed by atoms with E-state index in [4.69, 9.17) is 11.6 Å². The predicted octanol–water partition coefficient (Wildman–Crippen LogP) is 5.26. The van der Waals surface area contributed by atoms with Crippen molar-refractivity contribution in [2.24, 2.45) is 0 Å². The number of ketones is 1. The second-order valence-electron chi connectivity index (χ2n) is 8.41. The minimum absolute atomic E-state index is 0.330. The van der Waals surface area contributed by atoms with Gasteiger partial charge in [-0.25, -0.2) is 0 Å². The van der Waals surface area contributed by atoms with E-state index in [1.54, 1.807) is 41.3 Å². The van der Waals surface area contributed by atoms with Crippen LogP contribution >= 0.6 is 11.6 Å². The number of H-pyrrole nitrogens is 1. The highest BCUT2D eigenvalue weighted by Gasteiger charge is 2.50. The van der Waals surface area contributed by atoms with Gasteiger partial charge < -0.3 is 15.0 Å². The topological polar surface area (TPSA) is 73.4 Å². The lowest BCUT2D eigenvalue weighted by Gasteiger charge is -2.23. The van der Waals surface area contributed by atoms with Gasteiger partial charge in [0, 0.05) is 39.8 Å². The Morgan fingerprint density at radius 3 is 2.67 bits per heavy atom. The fourth-order valence-electron chi connectivity index (χ4n) is 4.66. The molecular formula is C27H23ClN2O3. The fourth-order valence-corrected chi connectivity index (χ4v) is 4.85. The standard InChI is InChI=1S/C27H23ClN2O3/c28-20-9-5-7-18(15-20)25(31)16-27(33)22-11-2-4-13-24(22)30(26(27)32)14-6-8-19-17-29-23-12-3-1-10-21(19)23/h1-5,7,9-13,15,17,29,33H,6,8,14,16H2/t27-/m1/s1. The molecule has 0 saturated carbocycles. The molecule has 2 N–H and O–H groups in total. The first kappa shape index (κ1) is 21.4. The van der Waals surface area contributed by atoms with E-state index in [0.29, 0.717) is 28.4 Å². The van der Waals surface area contributed by atoms with Crippen LogP contribution in [-0.4, -0.2) is 28.3 Å². The number of rotatable bonds is 7. The molecule has 1 aliphatic heterocycles. The Bertz CT molecular complexity index is 1360. The monoisotopic (exact) mass is 458 g/mol. The maximum Gasteiger partial charge on any atom is 0.264 e. The number of nitrogens with zero attached hydrogens (tertiary/aromatic N) is 1. The van der Waals surface area contributed by atoms with Gasteiger partial charge >= 0.3 is 0 Å². The number of fused-ring (bicyclic) bond motifs is 2. The summed E-state index contributed by atoms with van der Waals surface area (Å²) in [4.78, 5) is 31.2. The second kappa shape index (κ2) is 8.50. The zero-order chi connectivity index (χ0) is 23.0. The minimum atomic E-state index is -1.89. The highest BCUT2D eigenvalue weighted by Crippen LogP contribution is 2.43. The average molecular weight is 459 g/mol. The Labute approximate surface area is 196 Å². The van der Waals surface area contributed by atoms with Crippen molar-refractivity contribution >= 4 is 39.9 Å². The van der Waals surface area contributed by atoms with Crippen LogP contribution in [0.4, 0.5) is 5.69 Å². The Morgan fingerprint density at radius 1 is 1.03 bits per heavy atom. The highest BCUT2D eigenvalue weighted by molar-refractivity contribution is 6.31. The largest absolute Gasteiger partial charge is 0.375 e. The molecule has 1 aliphatic rings. The lowest BCUT2D eigenvalue weighted by molar-refractivity contribution is -0.135. The maximum absolute atomic E-state index is 13.4. The zero-order valence-electron chi connectivity index (χ0n) is 17.9. The molecule has 3 aromatic carbocycles. The number of aliphatic hydroxyl groups is 1. The van der Waals surface area contributed by atoms with E-state index in [-0.39, 0.29) is 12.2 Å². The van der Waals surface area contributed by atoms with Crippen molar-refractivity contribution in [1.82, 2.24) is 4.98 Å². The van der Waals surface area contributed by atoms with Gasteiger partial charge in [-0.1, -0.05) is 60.1 Å². The fraction of sp³-hybridized carbons (Fsp3) is 0.185. The van der Waals surface area contributed by atoms with Crippen LogP contribution in [0.1, 0.15) is 34.3 Å². The number of nitrogens with one attached hydrogen (secondary N) is 1. The van der Waals surface area contributed by atoms with Gasteiger partial charge in [0.05, 0.1) is 12.1 Å². The quantitative estimate of drug-likeness (QED) is 0.371. The molecule has 1 atom stereocenters. The van der Waals surface area contributed by atoms with Crippen LogP contribution in [0.15, 0.2) is 79.0 Å². The molecule has 166 valence electrons. The van der Waals surface area contributed by atoms with Gasteiger partial charge in [0.2, 0.25) is 0 Å². The number of para-hydroxylation sites is 2. The van der Waals surface area contributed by atoms with Gasteiger partial charge in [-0.3, -0.25) is 9.59 Å². The molecule has 33 heavy (non-hydrogen) atoms.